The van der Waals surface area contributed by atoms with Crippen molar-refractivity contribution in [3.63, 3.8) is 0 Å². The number of nitrogens with zero attached hydrogens (tertiary/aromatic N) is 1. The maximum atomic E-state index is 13.1. The fourth-order valence-electron chi connectivity index (χ4n) is 3.58. The van der Waals surface area contributed by atoms with Crippen LogP contribution in [0.25, 0.3) is 0 Å². The minimum atomic E-state index is -3.67. The van der Waals surface area contributed by atoms with Gasteiger partial charge in [-0.2, -0.15) is 4.31 Å². The molecule has 1 saturated heterocycles. The van der Waals surface area contributed by atoms with Gasteiger partial charge < -0.3 is 5.32 Å². The Hall–Kier alpha value is -2.51. The van der Waals surface area contributed by atoms with E-state index in [0.29, 0.717) is 28.9 Å². The Kier molecular flexibility index (Phi) is 6.19. The highest BCUT2D eigenvalue weighted by Crippen LogP contribution is 2.26. The maximum Gasteiger partial charge on any atom is 0.255 e. The fraction of sp³-hybridized carbons (Fsp3) is 0.364. The summed E-state index contributed by atoms with van der Waals surface area (Å²) in [5, 5.41) is 2.76. The highest BCUT2D eigenvalue weighted by Gasteiger charge is 2.31. The molecule has 1 heterocycles. The first-order chi connectivity index (χ1) is 13.7. The Balaban J connectivity index is 1.90. The molecule has 154 valence electrons. The molecule has 0 spiro atoms. The summed E-state index contributed by atoms with van der Waals surface area (Å²) in [5.41, 5.74) is 1.95. The molecule has 1 aliphatic rings. The zero-order valence-corrected chi connectivity index (χ0v) is 17.8. The molecule has 0 aliphatic carbocycles. The van der Waals surface area contributed by atoms with Crippen molar-refractivity contribution in [2.24, 2.45) is 0 Å². The van der Waals surface area contributed by atoms with Gasteiger partial charge >= 0.3 is 0 Å². The van der Waals surface area contributed by atoms with E-state index >= 15 is 0 Å². The molecular weight excluding hydrogens is 388 g/mol. The van der Waals surface area contributed by atoms with E-state index in [1.807, 2.05) is 6.92 Å². The number of sulfonamides is 1. The van der Waals surface area contributed by atoms with Gasteiger partial charge in [0.2, 0.25) is 10.0 Å². The molecule has 2 aromatic carbocycles. The fourth-order valence-corrected chi connectivity index (χ4v) is 5.31. The first-order valence-electron chi connectivity index (χ1n) is 9.75. The molecule has 1 N–H and O–H groups in total. The minimum absolute atomic E-state index is 0.0540. The predicted molar refractivity (Wildman–Crippen MR) is 113 cm³/mol. The van der Waals surface area contributed by atoms with Crippen molar-refractivity contribution in [3.8, 4) is 0 Å². The second kappa shape index (κ2) is 8.47. The third-order valence-electron chi connectivity index (χ3n) is 5.33. The van der Waals surface area contributed by atoms with Crippen LogP contribution in [0.2, 0.25) is 0 Å². The normalized spacial score (nSPS) is 17.7. The third kappa shape index (κ3) is 4.57. The molecule has 0 saturated carbocycles. The van der Waals surface area contributed by atoms with E-state index in [1.165, 1.54) is 17.3 Å². The Morgan fingerprint density at radius 3 is 2.55 bits per heavy atom. The molecule has 3 rings (SSSR count). The summed E-state index contributed by atoms with van der Waals surface area (Å²) in [4.78, 5) is 24.5. The molecule has 7 heteroatoms. The summed E-state index contributed by atoms with van der Waals surface area (Å²) in [5.74, 6) is -0.507. The Labute approximate surface area is 172 Å². The van der Waals surface area contributed by atoms with Crippen LogP contribution in [-0.4, -0.2) is 37.0 Å². The van der Waals surface area contributed by atoms with Gasteiger partial charge in [-0.3, -0.25) is 9.59 Å². The van der Waals surface area contributed by atoms with Crippen LogP contribution in [0, 0.1) is 6.92 Å². The predicted octanol–water partition coefficient (Wildman–Crippen LogP) is 4.01. The highest BCUT2D eigenvalue weighted by atomic mass is 32.2. The van der Waals surface area contributed by atoms with Gasteiger partial charge in [0.05, 0.1) is 4.90 Å². The number of aryl methyl sites for hydroxylation is 1. The highest BCUT2D eigenvalue weighted by molar-refractivity contribution is 7.89. The summed E-state index contributed by atoms with van der Waals surface area (Å²) in [6.45, 7) is 5.64. The van der Waals surface area contributed by atoms with Crippen LogP contribution in [0.5, 0.6) is 0 Å². The second-order valence-electron chi connectivity index (χ2n) is 7.53. The lowest BCUT2D eigenvalue weighted by Gasteiger charge is -2.32. The molecule has 1 aliphatic heterocycles. The number of Topliss-reactive ketones (excluding diaryl/α,β-unsaturated/α-hetero) is 1. The van der Waals surface area contributed by atoms with Crippen molar-refractivity contribution >= 4 is 27.4 Å². The van der Waals surface area contributed by atoms with Gasteiger partial charge in [-0.15, -0.1) is 0 Å². The number of amides is 1. The molecule has 6 nitrogen and oxygen atoms in total. The minimum Gasteiger partial charge on any atom is -0.322 e. The van der Waals surface area contributed by atoms with E-state index in [1.54, 1.807) is 43.3 Å². The number of hydrogen-bond donors (Lipinski definition) is 1. The van der Waals surface area contributed by atoms with E-state index in [4.69, 9.17) is 0 Å². The molecule has 1 atom stereocenters. The monoisotopic (exact) mass is 414 g/mol. The summed E-state index contributed by atoms with van der Waals surface area (Å²) in [6.07, 6.45) is 2.70. The van der Waals surface area contributed by atoms with Gasteiger partial charge in [0.25, 0.3) is 5.91 Å². The van der Waals surface area contributed by atoms with Crippen LogP contribution >= 0.6 is 0 Å². The lowest BCUT2D eigenvalue weighted by molar-refractivity contribution is 0.101. The maximum absolute atomic E-state index is 13.1. The van der Waals surface area contributed by atoms with Gasteiger partial charge in [0.1, 0.15) is 0 Å². The molecule has 0 bridgehead atoms. The van der Waals surface area contributed by atoms with Crippen LogP contribution in [0.3, 0.4) is 0 Å². The second-order valence-corrected chi connectivity index (χ2v) is 9.42. The molecule has 1 unspecified atom stereocenters. The topological polar surface area (TPSA) is 83.5 Å². The van der Waals surface area contributed by atoms with Crippen LogP contribution in [0.4, 0.5) is 5.69 Å². The zero-order valence-electron chi connectivity index (χ0n) is 16.9. The summed E-state index contributed by atoms with van der Waals surface area (Å²) < 4.78 is 27.8. The van der Waals surface area contributed by atoms with E-state index in [-0.39, 0.29) is 16.7 Å². The lowest BCUT2D eigenvalue weighted by atomic mass is 10.1. The van der Waals surface area contributed by atoms with Crippen LogP contribution in [0.15, 0.2) is 47.4 Å². The van der Waals surface area contributed by atoms with Crippen LogP contribution in [-0.2, 0) is 10.0 Å². The Bertz CT molecular complexity index is 1050. The number of carbonyl (C=O) groups excluding carboxylic acids is 2. The average Bonchev–Trinajstić information content (AvgIpc) is 2.68. The number of piperidine rings is 1. The lowest BCUT2D eigenvalue weighted by Crippen LogP contribution is -2.42. The van der Waals surface area contributed by atoms with Crippen LogP contribution in [0.1, 0.15) is 59.4 Å². The van der Waals surface area contributed by atoms with Crippen LogP contribution < -0.4 is 5.32 Å². The molecule has 0 radical (unpaired) electrons. The molecule has 29 heavy (non-hydrogen) atoms. The summed E-state index contributed by atoms with van der Waals surface area (Å²) in [7, 11) is -3.67. The van der Waals surface area contributed by atoms with Gasteiger partial charge in [-0.1, -0.05) is 24.6 Å². The van der Waals surface area contributed by atoms with Gasteiger partial charge in [-0.25, -0.2) is 8.42 Å². The van der Waals surface area contributed by atoms with E-state index in [0.717, 1.165) is 19.3 Å². The molecule has 2 aromatic rings. The Morgan fingerprint density at radius 1 is 1.10 bits per heavy atom. The van der Waals surface area contributed by atoms with E-state index in [2.05, 4.69) is 5.32 Å². The number of anilines is 1. The van der Waals surface area contributed by atoms with Crippen molar-refractivity contribution in [1.29, 1.82) is 0 Å². The third-order valence-corrected chi connectivity index (χ3v) is 7.34. The summed E-state index contributed by atoms with van der Waals surface area (Å²) in [6, 6.07) is 11.3. The molecule has 1 amide bonds. The quantitative estimate of drug-likeness (QED) is 0.749. The van der Waals surface area contributed by atoms with Crippen molar-refractivity contribution in [2.75, 3.05) is 11.9 Å². The van der Waals surface area contributed by atoms with Crippen molar-refractivity contribution < 1.29 is 18.0 Å². The zero-order chi connectivity index (χ0) is 21.2. The van der Waals surface area contributed by atoms with Crippen molar-refractivity contribution in [3.05, 3.63) is 59.2 Å². The number of benzene rings is 2. The number of rotatable bonds is 5. The first kappa shape index (κ1) is 21.2. The Morgan fingerprint density at radius 2 is 1.86 bits per heavy atom. The van der Waals surface area contributed by atoms with Gasteiger partial charge in [-0.05, 0) is 63.4 Å². The largest absolute Gasteiger partial charge is 0.322 e. The average molecular weight is 415 g/mol. The number of carbonyl (C=O) groups is 2. The smallest absolute Gasteiger partial charge is 0.255 e. The first-order valence-corrected chi connectivity index (χ1v) is 11.2. The van der Waals surface area contributed by atoms with Gasteiger partial charge in [0.15, 0.2) is 5.78 Å². The van der Waals surface area contributed by atoms with E-state index in [9.17, 15) is 18.0 Å². The SMILES string of the molecule is CC(=O)c1cccc(NC(=O)c2cc(S(=O)(=O)N3CCCCC3C)ccc2C)c1. The number of nitrogens with one attached hydrogen (secondary N) is 1. The molecular formula is C22H26N2O4S. The van der Waals surface area contributed by atoms with E-state index < -0.39 is 15.9 Å². The number of hydrogen-bond acceptors (Lipinski definition) is 4. The molecule has 0 aromatic heterocycles. The van der Waals surface area contributed by atoms with Crippen molar-refractivity contribution in [2.45, 2.75) is 51.0 Å². The summed E-state index contributed by atoms with van der Waals surface area (Å²) >= 11 is 0. The standard InChI is InChI=1S/C22H26N2O4S/c1-15-10-11-20(29(27,28)24-12-5-4-7-16(24)2)14-21(15)22(26)23-19-9-6-8-18(13-19)17(3)25/h6,8-11,13-14,16H,4-5,7,12H2,1-3H3,(H,23,26). The number of ketones is 1. The van der Waals surface area contributed by atoms with Crippen molar-refractivity contribution in [1.82, 2.24) is 4.31 Å². The molecule has 1 fully saturated rings. The van der Waals surface area contributed by atoms with Gasteiger partial charge in [0, 0.05) is 29.4 Å².